The normalized spacial score (nSPS) is 11.6. The summed E-state index contributed by atoms with van der Waals surface area (Å²) in [4.78, 5) is 21.7. The van der Waals surface area contributed by atoms with E-state index in [0.717, 1.165) is 18.2 Å². The maximum Gasteiger partial charge on any atom is 0.370 e. The molecule has 0 aromatic heterocycles. The molecule has 5 heteroatoms. The molecule has 17 heavy (non-hydrogen) atoms. The Morgan fingerprint density at radius 3 is 2.18 bits per heavy atom. The van der Waals surface area contributed by atoms with Crippen molar-refractivity contribution in [3.8, 4) is 5.75 Å². The molecule has 0 atom stereocenters. The SMILES string of the molecule is O=C(O)/C(O)=C/C=C\C(=O)c1ccc(O)cc1. The highest BCUT2D eigenvalue weighted by atomic mass is 16.4. The number of carbonyl (C=O) groups excluding carboxylic acids is 1. The third-order valence-corrected chi connectivity index (χ3v) is 1.87. The average molecular weight is 234 g/mol. The minimum atomic E-state index is -1.47. The smallest absolute Gasteiger partial charge is 0.370 e. The standard InChI is InChI=1S/C12H10O5/c13-9-6-4-8(5-7-9)10(14)2-1-3-11(15)12(16)17/h1-7,13,15H,(H,16,17)/b2-1-,11-3-. The number of benzene rings is 1. The highest BCUT2D eigenvalue weighted by Gasteiger charge is 2.02. The molecule has 0 saturated carbocycles. The van der Waals surface area contributed by atoms with Crippen LogP contribution in [-0.4, -0.2) is 27.1 Å². The first kappa shape index (κ1) is 12.5. The van der Waals surface area contributed by atoms with Gasteiger partial charge in [-0.05, 0) is 36.4 Å². The first-order valence-corrected chi connectivity index (χ1v) is 4.64. The van der Waals surface area contributed by atoms with Gasteiger partial charge in [0.05, 0.1) is 0 Å². The van der Waals surface area contributed by atoms with Crippen molar-refractivity contribution in [3.63, 3.8) is 0 Å². The molecule has 1 aromatic rings. The Kier molecular flexibility index (Phi) is 4.05. The number of phenolic OH excluding ortho intramolecular Hbond substituents is 1. The lowest BCUT2D eigenvalue weighted by atomic mass is 10.1. The van der Waals surface area contributed by atoms with Gasteiger partial charge in [-0.3, -0.25) is 4.79 Å². The lowest BCUT2D eigenvalue weighted by molar-refractivity contribution is -0.135. The molecule has 0 amide bonds. The second kappa shape index (κ2) is 5.50. The van der Waals surface area contributed by atoms with Gasteiger partial charge in [0.25, 0.3) is 0 Å². The number of rotatable bonds is 4. The van der Waals surface area contributed by atoms with E-state index in [9.17, 15) is 9.59 Å². The summed E-state index contributed by atoms with van der Waals surface area (Å²) >= 11 is 0. The van der Waals surface area contributed by atoms with E-state index in [1.807, 2.05) is 0 Å². The van der Waals surface area contributed by atoms with Gasteiger partial charge >= 0.3 is 5.97 Å². The molecule has 0 heterocycles. The predicted octanol–water partition coefficient (Wildman–Crippen LogP) is 1.66. The van der Waals surface area contributed by atoms with Crippen LogP contribution in [0.25, 0.3) is 0 Å². The van der Waals surface area contributed by atoms with Gasteiger partial charge in [-0.1, -0.05) is 6.08 Å². The summed E-state index contributed by atoms with van der Waals surface area (Å²) in [6, 6.07) is 5.60. The fourth-order valence-corrected chi connectivity index (χ4v) is 1.02. The number of hydrogen-bond donors (Lipinski definition) is 3. The van der Waals surface area contributed by atoms with E-state index >= 15 is 0 Å². The summed E-state index contributed by atoms with van der Waals surface area (Å²) in [7, 11) is 0. The number of aliphatic hydroxyl groups excluding tert-OH is 1. The number of carboxylic acids is 1. The van der Waals surface area contributed by atoms with E-state index in [-0.39, 0.29) is 11.5 Å². The zero-order valence-electron chi connectivity index (χ0n) is 8.70. The Bertz CT molecular complexity index is 482. The lowest BCUT2D eigenvalue weighted by Gasteiger charge is -1.95. The minimum Gasteiger partial charge on any atom is -0.508 e. The molecule has 0 saturated heterocycles. The Hall–Kier alpha value is -2.56. The van der Waals surface area contributed by atoms with E-state index in [1.165, 1.54) is 24.3 Å². The van der Waals surface area contributed by atoms with Gasteiger partial charge in [-0.2, -0.15) is 0 Å². The number of aliphatic carboxylic acids is 1. The summed E-state index contributed by atoms with van der Waals surface area (Å²) in [6.45, 7) is 0. The summed E-state index contributed by atoms with van der Waals surface area (Å²) < 4.78 is 0. The van der Waals surface area contributed by atoms with Crippen LogP contribution in [0.3, 0.4) is 0 Å². The van der Waals surface area contributed by atoms with E-state index in [4.69, 9.17) is 15.3 Å². The zero-order chi connectivity index (χ0) is 12.8. The minimum absolute atomic E-state index is 0.0500. The van der Waals surface area contributed by atoms with Crippen LogP contribution in [0.1, 0.15) is 10.4 Å². The molecule has 0 aliphatic carbocycles. The van der Waals surface area contributed by atoms with E-state index in [1.54, 1.807) is 0 Å². The molecule has 0 fully saturated rings. The molecule has 0 radical (unpaired) electrons. The molecule has 1 rings (SSSR count). The number of ketones is 1. The van der Waals surface area contributed by atoms with Crippen molar-refractivity contribution in [1.29, 1.82) is 0 Å². The van der Waals surface area contributed by atoms with Crippen LogP contribution < -0.4 is 0 Å². The summed E-state index contributed by atoms with van der Waals surface area (Å²) in [5.41, 5.74) is 0.349. The third kappa shape index (κ3) is 3.83. The monoisotopic (exact) mass is 234 g/mol. The number of carboxylic acid groups (broad SMARTS) is 1. The quantitative estimate of drug-likeness (QED) is 0.318. The third-order valence-electron chi connectivity index (χ3n) is 1.87. The van der Waals surface area contributed by atoms with Crippen molar-refractivity contribution in [2.75, 3.05) is 0 Å². The fourth-order valence-electron chi connectivity index (χ4n) is 1.02. The second-order valence-corrected chi connectivity index (χ2v) is 3.13. The van der Waals surface area contributed by atoms with Crippen LogP contribution in [-0.2, 0) is 4.79 Å². The van der Waals surface area contributed by atoms with Crippen molar-refractivity contribution in [2.24, 2.45) is 0 Å². The van der Waals surface area contributed by atoms with E-state index in [2.05, 4.69) is 0 Å². The second-order valence-electron chi connectivity index (χ2n) is 3.13. The first-order valence-electron chi connectivity index (χ1n) is 4.64. The van der Waals surface area contributed by atoms with Gasteiger partial charge in [0, 0.05) is 5.56 Å². The van der Waals surface area contributed by atoms with Gasteiger partial charge in [0.2, 0.25) is 5.76 Å². The number of phenols is 1. The van der Waals surface area contributed by atoms with Crippen LogP contribution in [0.15, 0.2) is 48.3 Å². The van der Waals surface area contributed by atoms with Crippen molar-refractivity contribution < 1.29 is 24.9 Å². The van der Waals surface area contributed by atoms with Gasteiger partial charge < -0.3 is 15.3 Å². The Balaban J connectivity index is 2.73. The number of carbonyl (C=O) groups is 2. The molecule has 3 N–H and O–H groups in total. The van der Waals surface area contributed by atoms with Gasteiger partial charge in [0.1, 0.15) is 5.75 Å². The number of allylic oxidation sites excluding steroid dienone is 3. The van der Waals surface area contributed by atoms with Gasteiger partial charge in [0.15, 0.2) is 5.78 Å². The van der Waals surface area contributed by atoms with Crippen molar-refractivity contribution in [1.82, 2.24) is 0 Å². The Morgan fingerprint density at radius 2 is 1.65 bits per heavy atom. The molecule has 0 spiro atoms. The molecule has 0 aliphatic heterocycles. The summed E-state index contributed by atoms with van der Waals surface area (Å²) in [5.74, 6) is -2.63. The number of hydrogen-bond acceptors (Lipinski definition) is 4. The molecular formula is C12H10O5. The molecule has 0 aliphatic rings. The number of aromatic hydroxyl groups is 1. The highest BCUT2D eigenvalue weighted by molar-refractivity contribution is 6.04. The average Bonchev–Trinajstić information content (AvgIpc) is 2.29. The lowest BCUT2D eigenvalue weighted by Crippen LogP contribution is -1.98. The summed E-state index contributed by atoms with van der Waals surface area (Å²) in [6.07, 6.45) is 3.16. The maximum atomic E-state index is 11.5. The van der Waals surface area contributed by atoms with Gasteiger partial charge in [-0.25, -0.2) is 4.79 Å². The largest absolute Gasteiger partial charge is 0.508 e. The molecule has 0 bridgehead atoms. The molecular weight excluding hydrogens is 224 g/mol. The summed E-state index contributed by atoms with van der Waals surface area (Å²) in [5, 5.41) is 26.2. The van der Waals surface area contributed by atoms with Crippen LogP contribution >= 0.6 is 0 Å². The predicted molar refractivity (Wildman–Crippen MR) is 59.9 cm³/mol. The molecule has 5 nitrogen and oxygen atoms in total. The Labute approximate surface area is 96.9 Å². The molecule has 1 aromatic carbocycles. The number of aliphatic hydroxyl groups is 1. The highest BCUT2D eigenvalue weighted by Crippen LogP contribution is 2.10. The molecule has 88 valence electrons. The maximum absolute atomic E-state index is 11.5. The molecule has 0 unspecified atom stereocenters. The van der Waals surface area contributed by atoms with Crippen molar-refractivity contribution in [3.05, 3.63) is 53.8 Å². The van der Waals surface area contributed by atoms with E-state index in [0.29, 0.717) is 5.56 Å². The van der Waals surface area contributed by atoms with Crippen molar-refractivity contribution >= 4 is 11.8 Å². The Morgan fingerprint density at radius 1 is 1.06 bits per heavy atom. The van der Waals surface area contributed by atoms with Crippen LogP contribution in [0.5, 0.6) is 5.75 Å². The van der Waals surface area contributed by atoms with E-state index < -0.39 is 11.7 Å². The van der Waals surface area contributed by atoms with Crippen LogP contribution in [0.4, 0.5) is 0 Å². The van der Waals surface area contributed by atoms with Gasteiger partial charge in [-0.15, -0.1) is 0 Å². The topological polar surface area (TPSA) is 94.8 Å². The van der Waals surface area contributed by atoms with Crippen molar-refractivity contribution in [2.45, 2.75) is 0 Å². The first-order chi connectivity index (χ1) is 8.00. The zero-order valence-corrected chi connectivity index (χ0v) is 8.70. The van der Waals surface area contributed by atoms with Crippen LogP contribution in [0.2, 0.25) is 0 Å². The fraction of sp³-hybridized carbons (Fsp3) is 0. The van der Waals surface area contributed by atoms with Crippen LogP contribution in [0, 0.1) is 0 Å².